The van der Waals surface area contributed by atoms with Gasteiger partial charge in [-0.3, -0.25) is 4.81 Å². The Balaban J connectivity index is 2.34. The summed E-state index contributed by atoms with van der Waals surface area (Å²) in [5, 5.41) is 0. The molecular formula is C2H7BNO2. The van der Waals surface area contributed by atoms with E-state index in [2.05, 4.69) is 15.7 Å². The Morgan fingerprint density at radius 2 is 2.50 bits per heavy atom. The third-order valence-corrected chi connectivity index (χ3v) is 0.290. The highest BCUT2D eigenvalue weighted by molar-refractivity contribution is 6.26. The van der Waals surface area contributed by atoms with E-state index < -0.39 is 0 Å². The maximum Gasteiger partial charge on any atom is 0.346 e. The van der Waals surface area contributed by atoms with Crippen molar-refractivity contribution in [3.63, 3.8) is 0 Å². The molecule has 0 saturated heterocycles. The van der Waals surface area contributed by atoms with Gasteiger partial charge >= 0.3 is 7.48 Å². The van der Waals surface area contributed by atoms with Crippen molar-refractivity contribution in [1.82, 2.24) is 0 Å². The quantitative estimate of drug-likeness (QED) is 0.226. The van der Waals surface area contributed by atoms with Gasteiger partial charge in [-0.05, 0) is 0 Å². The van der Waals surface area contributed by atoms with Crippen LogP contribution in [0, 0.1) is 0 Å². The average Bonchev–Trinajstić information content (AvgIpc) is 1.61. The van der Waals surface area contributed by atoms with E-state index in [0.717, 1.165) is 6.32 Å². The largest absolute Gasteiger partial charge is 0.346 e. The Labute approximate surface area is 37.6 Å². The highest BCUT2D eigenvalue weighted by atomic mass is 17.2. The van der Waals surface area contributed by atoms with E-state index in [-0.39, 0.29) is 0 Å². The van der Waals surface area contributed by atoms with E-state index in [1.165, 1.54) is 7.48 Å². The van der Waals surface area contributed by atoms with Crippen LogP contribution in [0.25, 0.3) is 0 Å². The molecule has 0 aliphatic carbocycles. The molecule has 0 aromatic carbocycles. The molecule has 0 aliphatic heterocycles. The van der Waals surface area contributed by atoms with Gasteiger partial charge in [-0.25, -0.2) is 0 Å². The van der Waals surface area contributed by atoms with Crippen LogP contribution < -0.4 is 5.90 Å². The van der Waals surface area contributed by atoms with Crippen molar-refractivity contribution < 1.29 is 9.79 Å². The van der Waals surface area contributed by atoms with Gasteiger partial charge in [-0.1, -0.05) is 13.2 Å². The first-order valence-electron chi connectivity index (χ1n) is 1.75. The van der Waals surface area contributed by atoms with Crippen LogP contribution in [0.15, 0.2) is 0 Å². The fourth-order valence-electron chi connectivity index (χ4n) is 0.107. The molecule has 0 spiro atoms. The number of nitrogens with two attached hydrogens (primary N) is 1. The van der Waals surface area contributed by atoms with Gasteiger partial charge in [0.2, 0.25) is 0 Å². The summed E-state index contributed by atoms with van der Waals surface area (Å²) in [5.74, 6) is 4.46. The fourth-order valence-corrected chi connectivity index (χ4v) is 0.107. The Bertz CT molecular complexity index is 23.5. The predicted octanol–water partition coefficient (Wildman–Crippen LogP) is -0.134. The molecule has 0 aromatic rings. The Kier molecular flexibility index (Phi) is 4.90. The molecule has 4 heteroatoms. The van der Waals surface area contributed by atoms with Crippen molar-refractivity contribution >= 4 is 7.48 Å². The molecule has 0 aromatic heterocycles. The fraction of sp³-hybridized carbons (Fsp3) is 1.00. The van der Waals surface area contributed by atoms with Crippen molar-refractivity contribution in [3.8, 4) is 0 Å². The van der Waals surface area contributed by atoms with Crippen LogP contribution >= 0.6 is 0 Å². The molecule has 3 nitrogen and oxygen atoms in total. The minimum absolute atomic E-state index is 0.803. The summed E-state index contributed by atoms with van der Waals surface area (Å²) in [4.78, 5) is 7.86. The molecule has 0 bridgehead atoms. The van der Waals surface area contributed by atoms with Gasteiger partial charge in [0.25, 0.3) is 0 Å². The minimum Gasteiger partial charge on any atom is -0.293 e. The van der Waals surface area contributed by atoms with Crippen molar-refractivity contribution in [2.24, 2.45) is 5.90 Å². The van der Waals surface area contributed by atoms with Crippen molar-refractivity contribution in [1.29, 1.82) is 0 Å². The average molecular weight is 87.9 g/mol. The Morgan fingerprint density at radius 1 is 1.83 bits per heavy atom. The van der Waals surface area contributed by atoms with Gasteiger partial charge in [-0.15, -0.1) is 0 Å². The lowest BCUT2D eigenvalue weighted by atomic mass is 9.99. The van der Waals surface area contributed by atoms with Gasteiger partial charge < -0.3 is 0 Å². The van der Waals surface area contributed by atoms with Crippen LogP contribution in [0.4, 0.5) is 0 Å². The zero-order chi connectivity index (χ0) is 4.83. The molecule has 0 saturated carbocycles. The zero-order valence-corrected chi connectivity index (χ0v) is 3.68. The SMILES string of the molecule is CC[B]OON. The summed E-state index contributed by atoms with van der Waals surface area (Å²) in [6, 6.07) is 0. The van der Waals surface area contributed by atoms with Crippen molar-refractivity contribution in [2.45, 2.75) is 13.2 Å². The maximum absolute atomic E-state index is 4.46. The van der Waals surface area contributed by atoms with Crippen LogP contribution in [0.3, 0.4) is 0 Å². The first-order valence-corrected chi connectivity index (χ1v) is 1.75. The molecular weight excluding hydrogens is 80.8 g/mol. The molecule has 2 N–H and O–H groups in total. The Hall–Kier alpha value is -0.0551. The molecule has 0 amide bonds. The van der Waals surface area contributed by atoms with Crippen LogP contribution in [0.1, 0.15) is 6.92 Å². The van der Waals surface area contributed by atoms with Gasteiger partial charge in [-0.2, -0.15) is 10.9 Å². The maximum atomic E-state index is 4.46. The number of hydrogen-bond donors (Lipinski definition) is 1. The highest BCUT2D eigenvalue weighted by Gasteiger charge is 1.81. The van der Waals surface area contributed by atoms with Gasteiger partial charge in [0.15, 0.2) is 0 Å². The standard InChI is InChI=1S/C2H7BNO2/c1-2-3-5-6-4/h2,4H2,1H3. The Morgan fingerprint density at radius 3 is 2.67 bits per heavy atom. The smallest absolute Gasteiger partial charge is 0.293 e. The zero-order valence-electron chi connectivity index (χ0n) is 3.68. The van der Waals surface area contributed by atoms with Crippen LogP contribution in [0.2, 0.25) is 6.32 Å². The molecule has 6 heavy (non-hydrogen) atoms. The molecule has 0 rings (SSSR count). The van der Waals surface area contributed by atoms with E-state index in [1.807, 2.05) is 6.92 Å². The van der Waals surface area contributed by atoms with E-state index in [0.29, 0.717) is 0 Å². The molecule has 0 fully saturated rings. The number of hydrogen-bond acceptors (Lipinski definition) is 3. The second-order valence-corrected chi connectivity index (χ2v) is 0.767. The monoisotopic (exact) mass is 88.1 g/mol. The number of rotatable bonds is 3. The van der Waals surface area contributed by atoms with Crippen molar-refractivity contribution in [3.05, 3.63) is 0 Å². The van der Waals surface area contributed by atoms with Crippen LogP contribution in [0.5, 0.6) is 0 Å². The normalized spacial score (nSPS) is 8.33. The topological polar surface area (TPSA) is 44.5 Å². The van der Waals surface area contributed by atoms with Gasteiger partial charge in [0.05, 0.1) is 0 Å². The van der Waals surface area contributed by atoms with Crippen LogP contribution in [-0.2, 0) is 9.79 Å². The third-order valence-electron chi connectivity index (χ3n) is 0.290. The second-order valence-electron chi connectivity index (χ2n) is 0.767. The van der Waals surface area contributed by atoms with Gasteiger partial charge in [0.1, 0.15) is 0 Å². The van der Waals surface area contributed by atoms with E-state index in [9.17, 15) is 0 Å². The van der Waals surface area contributed by atoms with E-state index in [4.69, 9.17) is 0 Å². The third kappa shape index (κ3) is 3.94. The highest BCUT2D eigenvalue weighted by Crippen LogP contribution is 1.72. The molecule has 0 aliphatic rings. The lowest BCUT2D eigenvalue weighted by molar-refractivity contribution is -0.213. The summed E-state index contributed by atoms with van der Waals surface area (Å²) >= 11 is 0. The lowest BCUT2D eigenvalue weighted by Crippen LogP contribution is -2.03. The van der Waals surface area contributed by atoms with Gasteiger partial charge in [0, 0.05) is 0 Å². The van der Waals surface area contributed by atoms with E-state index in [1.54, 1.807) is 0 Å². The second kappa shape index (κ2) is 4.94. The molecule has 0 unspecified atom stereocenters. The molecule has 35 valence electrons. The van der Waals surface area contributed by atoms with Crippen molar-refractivity contribution in [2.75, 3.05) is 0 Å². The summed E-state index contributed by atoms with van der Waals surface area (Å²) < 4.78 is 0. The first-order chi connectivity index (χ1) is 2.91. The molecule has 0 atom stereocenters. The van der Waals surface area contributed by atoms with Crippen LogP contribution in [-0.4, -0.2) is 7.48 Å². The molecule has 0 heterocycles. The van der Waals surface area contributed by atoms with E-state index >= 15 is 0 Å². The predicted molar refractivity (Wildman–Crippen MR) is 22.6 cm³/mol. The summed E-state index contributed by atoms with van der Waals surface area (Å²) in [5.41, 5.74) is 0. The molecule has 1 radical (unpaired) electrons. The summed E-state index contributed by atoms with van der Waals surface area (Å²) in [6.45, 7) is 1.92. The first kappa shape index (κ1) is 5.94. The summed E-state index contributed by atoms with van der Waals surface area (Å²) in [7, 11) is 1.46. The minimum atomic E-state index is 0.803. The lowest BCUT2D eigenvalue weighted by Gasteiger charge is -1.88. The summed E-state index contributed by atoms with van der Waals surface area (Å²) in [6.07, 6.45) is 0.803.